The molecule has 0 aromatic heterocycles. The molecule has 1 N–H and O–H groups in total. The fourth-order valence-electron chi connectivity index (χ4n) is 3.82. The summed E-state index contributed by atoms with van der Waals surface area (Å²) in [6.45, 7) is 0.223. The molecule has 1 saturated carbocycles. The first-order valence-corrected chi connectivity index (χ1v) is 10.6. The molecular weight excluding hydrogens is 362 g/mol. The van der Waals surface area contributed by atoms with E-state index in [-0.39, 0.29) is 31.0 Å². The first-order valence-electron chi connectivity index (χ1n) is 9.14. The molecule has 0 bridgehead atoms. The van der Waals surface area contributed by atoms with E-state index in [2.05, 4.69) is 5.32 Å². The Morgan fingerprint density at radius 3 is 2.35 bits per heavy atom. The number of piperidine rings is 1. The van der Waals surface area contributed by atoms with Gasteiger partial charge in [0.05, 0.1) is 0 Å². The van der Waals surface area contributed by atoms with Gasteiger partial charge in [0.15, 0.2) is 4.90 Å². The Morgan fingerprint density at radius 2 is 1.69 bits per heavy atom. The van der Waals surface area contributed by atoms with Crippen molar-refractivity contribution in [3.63, 3.8) is 0 Å². The predicted molar refractivity (Wildman–Crippen MR) is 92.9 cm³/mol. The topological polar surface area (TPSA) is 66.5 Å². The maximum absolute atomic E-state index is 13.9. The Balaban J connectivity index is 1.70. The van der Waals surface area contributed by atoms with Gasteiger partial charge < -0.3 is 5.32 Å². The van der Waals surface area contributed by atoms with Crippen molar-refractivity contribution in [2.24, 2.45) is 5.92 Å². The maximum atomic E-state index is 13.9. The molecule has 1 aromatic carbocycles. The van der Waals surface area contributed by atoms with E-state index in [1.165, 1.54) is 0 Å². The highest BCUT2D eigenvalue weighted by Gasteiger charge is 2.35. The van der Waals surface area contributed by atoms with Crippen LogP contribution in [-0.4, -0.2) is 37.8 Å². The van der Waals surface area contributed by atoms with Crippen molar-refractivity contribution < 1.29 is 22.0 Å². The van der Waals surface area contributed by atoms with Gasteiger partial charge in [0.1, 0.15) is 11.6 Å². The van der Waals surface area contributed by atoms with Gasteiger partial charge in [-0.25, -0.2) is 17.2 Å². The highest BCUT2D eigenvalue weighted by atomic mass is 32.2. The monoisotopic (exact) mass is 386 g/mol. The molecule has 1 saturated heterocycles. The predicted octanol–water partition coefficient (Wildman–Crippen LogP) is 2.81. The lowest BCUT2D eigenvalue weighted by molar-refractivity contribution is -0.126. The van der Waals surface area contributed by atoms with Crippen LogP contribution in [0.1, 0.15) is 44.9 Å². The van der Waals surface area contributed by atoms with E-state index in [4.69, 9.17) is 0 Å². The minimum Gasteiger partial charge on any atom is -0.352 e. The van der Waals surface area contributed by atoms with Crippen LogP contribution in [0.4, 0.5) is 8.78 Å². The van der Waals surface area contributed by atoms with E-state index in [9.17, 15) is 22.0 Å². The van der Waals surface area contributed by atoms with Crippen molar-refractivity contribution >= 4 is 15.9 Å². The molecule has 2 fully saturated rings. The maximum Gasteiger partial charge on any atom is 0.248 e. The molecule has 1 aliphatic heterocycles. The number of nitrogens with zero attached hydrogens (tertiary/aromatic N) is 1. The van der Waals surface area contributed by atoms with Crippen LogP contribution in [0.25, 0.3) is 0 Å². The molecule has 3 rings (SSSR count). The summed E-state index contributed by atoms with van der Waals surface area (Å²) >= 11 is 0. The van der Waals surface area contributed by atoms with E-state index in [1.54, 1.807) is 0 Å². The number of carbonyl (C=O) groups excluding carboxylic acids is 1. The number of nitrogens with one attached hydrogen (secondary N) is 1. The third-order valence-electron chi connectivity index (χ3n) is 5.22. The lowest BCUT2D eigenvalue weighted by Gasteiger charge is -2.33. The van der Waals surface area contributed by atoms with Gasteiger partial charge in [-0.3, -0.25) is 4.79 Å². The second-order valence-electron chi connectivity index (χ2n) is 7.10. The number of hydrogen-bond donors (Lipinski definition) is 1. The number of rotatable bonds is 4. The number of sulfonamides is 1. The van der Waals surface area contributed by atoms with Crippen molar-refractivity contribution in [2.75, 3.05) is 13.1 Å². The second-order valence-corrected chi connectivity index (χ2v) is 8.97. The highest BCUT2D eigenvalue weighted by Crippen LogP contribution is 2.27. The standard InChI is InChI=1S/C18H24F2N2O3S/c19-15-9-4-10-16(20)17(15)26(24,25)22-11-5-8-14(12-22)21-18(23)13-6-2-1-3-7-13/h4,9-10,13-14H,1-3,5-8,11-12H2,(H,21,23)/t14-/m0/s1. The van der Waals surface area contributed by atoms with Crippen LogP contribution in [0.5, 0.6) is 0 Å². The SMILES string of the molecule is O=C(N[C@H]1CCCN(S(=O)(=O)c2c(F)cccc2F)C1)C1CCCCC1. The minimum absolute atomic E-state index is 0.0141. The number of carbonyl (C=O) groups is 1. The van der Waals surface area contributed by atoms with Crippen molar-refractivity contribution in [3.05, 3.63) is 29.8 Å². The van der Waals surface area contributed by atoms with Gasteiger partial charge >= 0.3 is 0 Å². The fourth-order valence-corrected chi connectivity index (χ4v) is 5.45. The molecule has 1 aromatic rings. The van der Waals surface area contributed by atoms with Crippen LogP contribution in [0.15, 0.2) is 23.1 Å². The number of amides is 1. The van der Waals surface area contributed by atoms with Crippen LogP contribution >= 0.6 is 0 Å². The third-order valence-corrected chi connectivity index (χ3v) is 7.14. The fraction of sp³-hybridized carbons (Fsp3) is 0.611. The average molecular weight is 386 g/mol. The molecule has 144 valence electrons. The zero-order valence-corrected chi connectivity index (χ0v) is 15.4. The van der Waals surface area contributed by atoms with Gasteiger partial charge in [-0.15, -0.1) is 0 Å². The van der Waals surface area contributed by atoms with E-state index in [0.717, 1.165) is 54.6 Å². The largest absolute Gasteiger partial charge is 0.352 e. The van der Waals surface area contributed by atoms with Crippen LogP contribution < -0.4 is 5.32 Å². The summed E-state index contributed by atoms with van der Waals surface area (Å²) in [6.07, 6.45) is 6.14. The lowest BCUT2D eigenvalue weighted by atomic mass is 9.88. The number of halogens is 2. The molecular formula is C18H24F2N2O3S. The summed E-state index contributed by atoms with van der Waals surface area (Å²) < 4.78 is 54.3. The van der Waals surface area contributed by atoms with Gasteiger partial charge in [0, 0.05) is 25.0 Å². The molecule has 0 spiro atoms. The van der Waals surface area contributed by atoms with E-state index < -0.39 is 26.6 Å². The normalized spacial score (nSPS) is 22.9. The first kappa shape index (κ1) is 19.2. The summed E-state index contributed by atoms with van der Waals surface area (Å²) in [5.74, 6) is -2.25. The van der Waals surface area contributed by atoms with Crippen LogP contribution in [0.3, 0.4) is 0 Å². The summed E-state index contributed by atoms with van der Waals surface area (Å²) in [7, 11) is -4.28. The van der Waals surface area contributed by atoms with Gasteiger partial charge in [-0.2, -0.15) is 4.31 Å². The van der Waals surface area contributed by atoms with Crippen molar-refractivity contribution in [1.29, 1.82) is 0 Å². The average Bonchev–Trinajstić information content (AvgIpc) is 2.62. The molecule has 2 aliphatic rings. The summed E-state index contributed by atoms with van der Waals surface area (Å²) in [5.41, 5.74) is 0. The molecule has 1 amide bonds. The third kappa shape index (κ3) is 4.06. The zero-order valence-electron chi connectivity index (χ0n) is 14.6. The van der Waals surface area contributed by atoms with Crippen molar-refractivity contribution in [3.8, 4) is 0 Å². The molecule has 0 unspecified atom stereocenters. The molecule has 5 nitrogen and oxygen atoms in total. The zero-order chi connectivity index (χ0) is 18.7. The molecule has 1 heterocycles. The van der Waals surface area contributed by atoms with Crippen LogP contribution in [0.2, 0.25) is 0 Å². The van der Waals surface area contributed by atoms with Crippen LogP contribution in [-0.2, 0) is 14.8 Å². The van der Waals surface area contributed by atoms with Gasteiger partial charge in [-0.1, -0.05) is 25.3 Å². The molecule has 1 atom stereocenters. The van der Waals surface area contributed by atoms with Crippen molar-refractivity contribution in [2.45, 2.75) is 55.9 Å². The molecule has 1 aliphatic carbocycles. The van der Waals surface area contributed by atoms with E-state index in [0.29, 0.717) is 12.8 Å². The van der Waals surface area contributed by atoms with Gasteiger partial charge in [0.2, 0.25) is 15.9 Å². The highest BCUT2D eigenvalue weighted by molar-refractivity contribution is 7.89. The lowest BCUT2D eigenvalue weighted by Crippen LogP contribution is -2.51. The Labute approximate surface area is 152 Å². The van der Waals surface area contributed by atoms with Crippen molar-refractivity contribution in [1.82, 2.24) is 9.62 Å². The number of benzene rings is 1. The van der Waals surface area contributed by atoms with Gasteiger partial charge in [0.25, 0.3) is 0 Å². The van der Waals surface area contributed by atoms with Crippen LogP contribution in [0, 0.1) is 17.6 Å². The van der Waals surface area contributed by atoms with E-state index >= 15 is 0 Å². The summed E-state index contributed by atoms with van der Waals surface area (Å²) in [4.78, 5) is 11.5. The second kappa shape index (κ2) is 8.00. The summed E-state index contributed by atoms with van der Waals surface area (Å²) in [6, 6.07) is 2.67. The Morgan fingerprint density at radius 1 is 1.04 bits per heavy atom. The quantitative estimate of drug-likeness (QED) is 0.865. The molecule has 8 heteroatoms. The number of hydrogen-bond acceptors (Lipinski definition) is 3. The molecule has 26 heavy (non-hydrogen) atoms. The minimum atomic E-state index is -4.28. The smallest absolute Gasteiger partial charge is 0.248 e. The Kier molecular flexibility index (Phi) is 5.92. The molecule has 0 radical (unpaired) electrons. The Hall–Kier alpha value is -1.54. The van der Waals surface area contributed by atoms with E-state index in [1.807, 2.05) is 0 Å². The Bertz CT molecular complexity index is 743. The first-order chi connectivity index (χ1) is 12.4. The van der Waals surface area contributed by atoms with Gasteiger partial charge in [-0.05, 0) is 37.8 Å². The summed E-state index contributed by atoms with van der Waals surface area (Å²) in [5, 5.41) is 2.94.